The molecule has 0 aromatic heterocycles. The van der Waals surface area contributed by atoms with Crippen LogP contribution in [-0.4, -0.2) is 6.36 Å². The average Bonchev–Trinajstić information content (AvgIpc) is 2.61. The molecule has 1 nitrogen and oxygen atoms in total. The van der Waals surface area contributed by atoms with Crippen molar-refractivity contribution < 1.29 is 23.4 Å². The van der Waals surface area contributed by atoms with Gasteiger partial charge >= 0.3 is 6.36 Å². The van der Waals surface area contributed by atoms with Crippen molar-refractivity contribution in [2.45, 2.75) is 83.3 Å². The SMILES string of the molecule is [2H]C1([2H])CC(C2CCC(CCC)CC2)CC([2H])([2H])C1c1ccc(OC(F)(F)F)cc1. The maximum atomic E-state index is 12.4. The van der Waals surface area contributed by atoms with Crippen LogP contribution in [0.2, 0.25) is 0 Å². The fraction of sp³-hybridized carbons (Fsp3) is 0.727. The Morgan fingerprint density at radius 3 is 2.08 bits per heavy atom. The van der Waals surface area contributed by atoms with Gasteiger partial charge in [-0.1, -0.05) is 44.7 Å². The smallest absolute Gasteiger partial charge is 0.406 e. The molecule has 0 radical (unpaired) electrons. The first-order chi connectivity index (χ1) is 13.9. The molecule has 4 heteroatoms. The summed E-state index contributed by atoms with van der Waals surface area (Å²) in [5.41, 5.74) is 0.379. The van der Waals surface area contributed by atoms with Crippen LogP contribution in [0, 0.1) is 17.8 Å². The van der Waals surface area contributed by atoms with Gasteiger partial charge in [0.15, 0.2) is 0 Å². The summed E-state index contributed by atoms with van der Waals surface area (Å²) >= 11 is 0. The summed E-state index contributed by atoms with van der Waals surface area (Å²) in [6.07, 6.45) is -0.964. The fourth-order valence-electron chi connectivity index (χ4n) is 4.47. The summed E-state index contributed by atoms with van der Waals surface area (Å²) in [5.74, 6) is -0.301. The lowest BCUT2D eigenvalue weighted by Gasteiger charge is -2.38. The molecule has 0 atom stereocenters. The molecule has 26 heavy (non-hydrogen) atoms. The highest BCUT2D eigenvalue weighted by Crippen LogP contribution is 2.44. The third-order valence-corrected chi connectivity index (χ3v) is 5.87. The van der Waals surface area contributed by atoms with Crippen molar-refractivity contribution in [3.8, 4) is 5.75 Å². The van der Waals surface area contributed by atoms with E-state index < -0.39 is 25.0 Å². The van der Waals surface area contributed by atoms with E-state index in [2.05, 4.69) is 11.7 Å². The van der Waals surface area contributed by atoms with Crippen molar-refractivity contribution in [1.29, 1.82) is 0 Å². The first-order valence-electron chi connectivity index (χ1n) is 11.8. The number of hydrogen-bond acceptors (Lipinski definition) is 1. The number of ether oxygens (including phenoxy) is 1. The molecule has 0 spiro atoms. The summed E-state index contributed by atoms with van der Waals surface area (Å²) < 4.78 is 75.6. The van der Waals surface area contributed by atoms with Gasteiger partial charge in [-0.15, -0.1) is 13.2 Å². The van der Waals surface area contributed by atoms with Crippen LogP contribution in [0.4, 0.5) is 13.2 Å². The summed E-state index contributed by atoms with van der Waals surface area (Å²) in [6.45, 7) is 2.19. The van der Waals surface area contributed by atoms with Gasteiger partial charge in [0.05, 0.1) is 0 Å². The molecule has 146 valence electrons. The average molecular weight is 373 g/mol. The second kappa shape index (κ2) is 8.67. The molecule has 2 aliphatic carbocycles. The van der Waals surface area contributed by atoms with E-state index in [9.17, 15) is 13.2 Å². The van der Waals surface area contributed by atoms with E-state index in [0.29, 0.717) is 24.3 Å². The van der Waals surface area contributed by atoms with Gasteiger partial charge in [0.2, 0.25) is 0 Å². The topological polar surface area (TPSA) is 9.23 Å². The predicted molar refractivity (Wildman–Crippen MR) is 98.2 cm³/mol. The van der Waals surface area contributed by atoms with Gasteiger partial charge in [-0.2, -0.15) is 0 Å². The lowest BCUT2D eigenvalue weighted by atomic mass is 9.68. The molecule has 1 aromatic rings. The van der Waals surface area contributed by atoms with E-state index in [-0.39, 0.29) is 11.7 Å². The summed E-state index contributed by atoms with van der Waals surface area (Å²) in [4.78, 5) is 0. The van der Waals surface area contributed by atoms with Gasteiger partial charge in [0.25, 0.3) is 0 Å². The van der Waals surface area contributed by atoms with Crippen LogP contribution in [0.1, 0.15) is 88.0 Å². The highest BCUT2D eigenvalue weighted by atomic mass is 19.4. The van der Waals surface area contributed by atoms with Crippen LogP contribution < -0.4 is 4.74 Å². The predicted octanol–water partition coefficient (Wildman–Crippen LogP) is 7.47. The first kappa shape index (κ1) is 14.8. The molecule has 0 bridgehead atoms. The molecule has 0 N–H and O–H groups in total. The van der Waals surface area contributed by atoms with E-state index in [1.807, 2.05) is 0 Å². The van der Waals surface area contributed by atoms with Crippen LogP contribution in [0.5, 0.6) is 5.75 Å². The zero-order valence-electron chi connectivity index (χ0n) is 19.3. The molecule has 0 aliphatic heterocycles. The van der Waals surface area contributed by atoms with Crippen molar-refractivity contribution in [3.05, 3.63) is 29.8 Å². The van der Waals surface area contributed by atoms with E-state index in [1.165, 1.54) is 25.0 Å². The van der Waals surface area contributed by atoms with E-state index >= 15 is 0 Å². The molecular weight excluding hydrogens is 337 g/mol. The standard InChI is InChI=1S/C22H31F3O/c1-2-3-16-4-6-17(7-5-16)18-8-10-19(11-9-18)20-12-14-21(15-13-20)26-22(23,24)25/h12-19H,2-11H2,1H3/i10D2,11D2. The minimum Gasteiger partial charge on any atom is -0.406 e. The van der Waals surface area contributed by atoms with Gasteiger partial charge in [-0.3, -0.25) is 0 Å². The van der Waals surface area contributed by atoms with E-state index in [1.54, 1.807) is 0 Å². The fourth-order valence-corrected chi connectivity index (χ4v) is 4.47. The Morgan fingerprint density at radius 2 is 1.54 bits per heavy atom. The number of rotatable bonds is 5. The summed E-state index contributed by atoms with van der Waals surface area (Å²) in [7, 11) is 0. The van der Waals surface area contributed by atoms with Gasteiger partial charge in [0.1, 0.15) is 5.75 Å². The van der Waals surface area contributed by atoms with Crippen molar-refractivity contribution in [2.24, 2.45) is 17.8 Å². The van der Waals surface area contributed by atoms with Gasteiger partial charge in [-0.05, 0) is 79.8 Å². The highest BCUT2D eigenvalue weighted by Gasteiger charge is 2.32. The molecule has 0 heterocycles. The van der Waals surface area contributed by atoms with Gasteiger partial charge in [0, 0.05) is 5.48 Å². The number of hydrogen-bond donors (Lipinski definition) is 0. The molecular formula is C22H31F3O. The Bertz CT molecular complexity index is 679. The quantitative estimate of drug-likeness (QED) is 0.521. The summed E-state index contributed by atoms with van der Waals surface area (Å²) in [5, 5.41) is 0. The Hall–Kier alpha value is -1.19. The Labute approximate surface area is 160 Å². The minimum absolute atomic E-state index is 0.00154. The molecule has 0 unspecified atom stereocenters. The zero-order valence-corrected chi connectivity index (χ0v) is 15.3. The highest BCUT2D eigenvalue weighted by molar-refractivity contribution is 5.29. The molecule has 0 saturated heterocycles. The number of halogens is 3. The van der Waals surface area contributed by atoms with Crippen LogP contribution in [-0.2, 0) is 0 Å². The molecule has 3 rings (SSSR count). The van der Waals surface area contributed by atoms with Gasteiger partial charge in [-0.25, -0.2) is 0 Å². The van der Waals surface area contributed by atoms with Crippen molar-refractivity contribution in [1.82, 2.24) is 0 Å². The monoisotopic (exact) mass is 372 g/mol. The third kappa shape index (κ3) is 5.40. The zero-order chi connectivity index (χ0) is 22.2. The maximum absolute atomic E-state index is 12.4. The lowest BCUT2D eigenvalue weighted by molar-refractivity contribution is -0.274. The Kier molecular flexibility index (Phi) is 4.94. The van der Waals surface area contributed by atoms with E-state index in [4.69, 9.17) is 5.48 Å². The molecule has 0 amide bonds. The summed E-state index contributed by atoms with van der Waals surface area (Å²) in [6, 6.07) is 4.99. The maximum Gasteiger partial charge on any atom is 0.573 e. The van der Waals surface area contributed by atoms with E-state index in [0.717, 1.165) is 43.7 Å². The second-order valence-electron chi connectivity index (χ2n) is 7.70. The normalized spacial score (nSPS) is 36.3. The number of alkyl halides is 3. The van der Waals surface area contributed by atoms with Crippen LogP contribution in [0.3, 0.4) is 0 Å². The van der Waals surface area contributed by atoms with Crippen molar-refractivity contribution >= 4 is 0 Å². The van der Waals surface area contributed by atoms with Crippen LogP contribution in [0.25, 0.3) is 0 Å². The second-order valence-corrected chi connectivity index (χ2v) is 7.70. The number of benzene rings is 1. The lowest BCUT2D eigenvalue weighted by Crippen LogP contribution is -2.25. The largest absolute Gasteiger partial charge is 0.573 e. The molecule has 1 aromatic carbocycles. The molecule has 2 aliphatic rings. The Balaban J connectivity index is 1.73. The Morgan fingerprint density at radius 1 is 0.962 bits per heavy atom. The van der Waals surface area contributed by atoms with Crippen LogP contribution in [0.15, 0.2) is 24.3 Å². The minimum atomic E-state index is -4.79. The molecule has 2 saturated carbocycles. The van der Waals surface area contributed by atoms with Crippen molar-refractivity contribution in [2.75, 3.05) is 0 Å². The van der Waals surface area contributed by atoms with Gasteiger partial charge < -0.3 is 4.74 Å². The molecule has 2 fully saturated rings. The third-order valence-electron chi connectivity index (χ3n) is 5.87. The van der Waals surface area contributed by atoms with Crippen molar-refractivity contribution in [3.63, 3.8) is 0 Å². The van der Waals surface area contributed by atoms with Crippen LogP contribution >= 0.6 is 0 Å². The first-order valence-corrected chi connectivity index (χ1v) is 9.77.